The molecule has 0 radical (unpaired) electrons. The summed E-state index contributed by atoms with van der Waals surface area (Å²) in [7, 11) is 0. The third-order valence-electron chi connectivity index (χ3n) is 24.8. The lowest BCUT2D eigenvalue weighted by atomic mass is 9.82. The highest BCUT2D eigenvalue weighted by atomic mass is 16.7. The summed E-state index contributed by atoms with van der Waals surface area (Å²) in [5.74, 6) is -15.2. The number of aliphatic hydroxyl groups excluding tert-OH is 18. The van der Waals surface area contributed by atoms with E-state index in [0.717, 1.165) is 0 Å². The largest absolute Gasteiger partial charge is 0.481 e. The van der Waals surface area contributed by atoms with Crippen molar-refractivity contribution in [3.8, 4) is 0 Å². The number of hydrogen-bond acceptors (Lipinski definition) is 34. The lowest BCUT2D eigenvalue weighted by Gasteiger charge is -2.48. The molecule has 0 aliphatic carbocycles. The first kappa shape index (κ1) is 114. The number of carbonyl (C=O) groups is 4. The number of aliphatic carboxylic acids is 2. The van der Waals surface area contributed by atoms with E-state index in [9.17, 15) is 121 Å². The van der Waals surface area contributed by atoms with Gasteiger partial charge in [0.25, 0.3) is 0 Å². The lowest BCUT2D eigenvalue weighted by molar-refractivity contribution is -0.345. The van der Waals surface area contributed by atoms with Gasteiger partial charge in [0.2, 0.25) is 0 Å². The van der Waals surface area contributed by atoms with E-state index in [4.69, 9.17) is 58.8 Å². The second kappa shape index (κ2) is 57.4. The van der Waals surface area contributed by atoms with E-state index in [0.29, 0.717) is 0 Å². The van der Waals surface area contributed by atoms with Gasteiger partial charge in [-0.3, -0.25) is 19.2 Å². The zero-order valence-electron chi connectivity index (χ0n) is 76.5. The quantitative estimate of drug-likeness (QED) is 0.104. The van der Waals surface area contributed by atoms with E-state index < -0.39 is 320 Å². The molecule has 24 N–H and O–H groups in total. The molecule has 0 spiro atoms. The van der Waals surface area contributed by atoms with Crippen molar-refractivity contribution in [2.45, 2.75) is 353 Å². The average molecular weight is 1870 g/mol. The summed E-state index contributed by atoms with van der Waals surface area (Å²) in [5.41, 5.74) is 12.5. The number of esters is 2. The number of ether oxygens (including phenoxy) is 10. The molecule has 0 amide bonds. The molecular weight excluding hydrogens is 1730 g/mol. The molecule has 0 aromatic heterocycles. The Morgan fingerprint density at radius 1 is 0.341 bits per heavy atom. The zero-order valence-corrected chi connectivity index (χ0v) is 76.5. The van der Waals surface area contributed by atoms with Crippen LogP contribution in [0.3, 0.4) is 0 Å². The Morgan fingerprint density at radius 3 is 0.939 bits per heavy atom. The molecular formula is C96H148N2O34. The SMILES string of the molecule is C[C@@H]1[C@H](O)[C@@H](C)C=CC=CC=CC=CC=CC=CC=C[C@H](O[C@@H]2O[C@H](C)[C@@H](O)[C@H](N)[C@@H]2O)C[C@@H]2OC(OCCOC34C[C@@H](O)C[C@@H](O)[C@H](O)CC[C@@H](O)C[C@@H](O)CC(=O)O[C@@H](C)[C@H](C)[C@H](O)[C@@H](C)C=CC=CC=CC=CC=CC=CC=C[C@H](O[C@@H]5O[C@H](C)[C@@H](O)[C@H](N)[C@@H]5O)C[C@H](O3)[C@H](C(=O)O)[C@@H](O)C4)(C[C@@H](O)C[C@@H](O)[C@H](O)CC[C@@H](O)C[C@@H](O)CC(=O)O[C@H]1C)C[C@H](O)[C@H]2C(=O)O. The summed E-state index contributed by atoms with van der Waals surface area (Å²) in [4.78, 5) is 53.4. The van der Waals surface area contributed by atoms with Crippen molar-refractivity contribution < 1.29 is 169 Å². The van der Waals surface area contributed by atoms with Crippen LogP contribution >= 0.6 is 0 Å². The van der Waals surface area contributed by atoms with Gasteiger partial charge in [0.05, 0.1) is 172 Å². The fourth-order valence-electron chi connectivity index (χ4n) is 16.7. The van der Waals surface area contributed by atoms with Crippen LogP contribution in [-0.4, -0.2) is 334 Å². The summed E-state index contributed by atoms with van der Waals surface area (Å²) in [6, 6.07) is -2.65. The maximum Gasteiger partial charge on any atom is 0.311 e. The van der Waals surface area contributed by atoms with Crippen LogP contribution in [0.4, 0.5) is 0 Å². The molecule has 2 unspecified atom stereocenters. The molecule has 4 saturated heterocycles. The third-order valence-corrected chi connectivity index (χ3v) is 24.8. The smallest absolute Gasteiger partial charge is 0.311 e. The van der Waals surface area contributed by atoms with Crippen LogP contribution in [-0.2, 0) is 66.5 Å². The summed E-state index contributed by atoms with van der Waals surface area (Å²) >= 11 is 0. The van der Waals surface area contributed by atoms with Crippen molar-refractivity contribution >= 4 is 23.9 Å². The zero-order chi connectivity index (χ0) is 97.7. The number of allylic oxidation sites excluding steroid dienone is 24. The molecule has 0 saturated carbocycles. The van der Waals surface area contributed by atoms with Crippen LogP contribution in [0.25, 0.3) is 0 Å². The van der Waals surface area contributed by atoms with Crippen LogP contribution in [0.5, 0.6) is 0 Å². The third kappa shape index (κ3) is 37.9. The molecule has 6 heterocycles. The minimum atomic E-state index is -2.40. The maximum absolute atomic E-state index is 13.6. The first-order chi connectivity index (χ1) is 62.4. The number of cyclic esters (lactones) is 2. The molecule has 36 nitrogen and oxygen atoms in total. The summed E-state index contributed by atoms with van der Waals surface area (Å²) in [5, 5.41) is 228. The van der Waals surface area contributed by atoms with Gasteiger partial charge in [-0.1, -0.05) is 198 Å². The number of nitrogens with two attached hydrogens (primary N) is 2. The lowest BCUT2D eigenvalue weighted by Crippen LogP contribution is -2.62. The first-order valence-corrected chi connectivity index (χ1v) is 45.7. The molecule has 132 heavy (non-hydrogen) atoms. The molecule has 38 atom stereocenters. The Morgan fingerprint density at radius 2 is 0.636 bits per heavy atom. The number of rotatable bonds is 11. The number of carboxylic acids is 2. The highest BCUT2D eigenvalue weighted by Crippen LogP contribution is 2.44. The van der Waals surface area contributed by atoms with Gasteiger partial charge in [0.1, 0.15) is 36.3 Å². The van der Waals surface area contributed by atoms with E-state index in [-0.39, 0.29) is 50.4 Å². The van der Waals surface area contributed by atoms with Crippen LogP contribution in [0.1, 0.15) is 158 Å². The minimum Gasteiger partial charge on any atom is -0.481 e. The Kier molecular flexibility index (Phi) is 49.5. The van der Waals surface area contributed by atoms with Crippen LogP contribution in [0, 0.1) is 35.5 Å². The molecule has 36 heteroatoms. The van der Waals surface area contributed by atoms with E-state index in [2.05, 4.69) is 0 Å². The van der Waals surface area contributed by atoms with Crippen LogP contribution in [0.15, 0.2) is 170 Å². The van der Waals surface area contributed by atoms with Gasteiger partial charge in [-0.2, -0.15) is 0 Å². The van der Waals surface area contributed by atoms with Crippen molar-refractivity contribution in [1.82, 2.24) is 0 Å². The predicted octanol–water partition coefficient (Wildman–Crippen LogP) is 2.49. The number of hydrogen-bond donors (Lipinski definition) is 22. The minimum absolute atomic E-state index is 0.268. The van der Waals surface area contributed by atoms with Gasteiger partial charge >= 0.3 is 23.9 Å². The first-order valence-electron chi connectivity index (χ1n) is 45.7. The van der Waals surface area contributed by atoms with Gasteiger partial charge < -0.3 is 161 Å². The molecule has 0 aromatic rings. The van der Waals surface area contributed by atoms with Crippen molar-refractivity contribution in [1.29, 1.82) is 0 Å². The van der Waals surface area contributed by atoms with E-state index in [1.165, 1.54) is 38.2 Å². The van der Waals surface area contributed by atoms with Gasteiger partial charge in [-0.15, -0.1) is 0 Å². The van der Waals surface area contributed by atoms with Crippen molar-refractivity contribution in [2.75, 3.05) is 13.2 Å². The normalized spacial score (nSPS) is 41.7. The Labute approximate surface area is 772 Å². The summed E-state index contributed by atoms with van der Waals surface area (Å²) in [6.07, 6.45) is -2.90. The van der Waals surface area contributed by atoms with Crippen LogP contribution in [0.2, 0.25) is 0 Å². The Bertz CT molecular complexity index is 3640. The monoisotopic (exact) mass is 1870 g/mol. The number of carboxylic acid groups (broad SMARTS) is 2. The van der Waals surface area contributed by atoms with E-state index >= 15 is 0 Å². The predicted molar refractivity (Wildman–Crippen MR) is 481 cm³/mol. The second-order valence-corrected chi connectivity index (χ2v) is 35.8. The highest BCUT2D eigenvalue weighted by molar-refractivity contribution is 5.72. The van der Waals surface area contributed by atoms with Crippen molar-refractivity contribution in [2.24, 2.45) is 47.0 Å². The Balaban J connectivity index is 1.42. The molecule has 6 rings (SSSR count). The molecule has 746 valence electrons. The number of fused-ring (bicyclic) bond motifs is 4. The average Bonchev–Trinajstić information content (AvgIpc) is 0.805. The van der Waals surface area contributed by atoms with Crippen molar-refractivity contribution in [3.05, 3.63) is 170 Å². The van der Waals surface area contributed by atoms with Gasteiger partial charge in [-0.25, -0.2) is 0 Å². The second-order valence-electron chi connectivity index (χ2n) is 35.8. The van der Waals surface area contributed by atoms with Crippen LogP contribution < -0.4 is 11.5 Å². The van der Waals surface area contributed by atoms with E-state index in [1.54, 1.807) is 187 Å². The fourth-order valence-corrected chi connectivity index (χ4v) is 16.7. The van der Waals surface area contributed by atoms with Crippen molar-refractivity contribution in [3.63, 3.8) is 0 Å². The number of carbonyl (C=O) groups excluding carboxylic acids is 2. The molecule has 6 aliphatic rings. The molecule has 0 aromatic carbocycles. The highest BCUT2D eigenvalue weighted by Gasteiger charge is 2.56. The molecule has 4 fully saturated rings. The summed E-state index contributed by atoms with van der Waals surface area (Å²) in [6.45, 7) is 11.6. The Hall–Kier alpha value is -6.88. The maximum atomic E-state index is 13.6. The fraction of sp³-hybridized carbons (Fsp3) is 0.667. The van der Waals surface area contributed by atoms with Gasteiger partial charge in [0, 0.05) is 75.0 Å². The van der Waals surface area contributed by atoms with Gasteiger partial charge in [-0.05, 0) is 66.2 Å². The topological polar surface area (TPSA) is 617 Å². The van der Waals surface area contributed by atoms with Gasteiger partial charge in [0.15, 0.2) is 24.2 Å². The number of aliphatic hydroxyl groups is 18. The van der Waals surface area contributed by atoms with E-state index in [1.807, 2.05) is 0 Å². The standard InChI is InChI=1S/C96H148N2O34/c1-55-33-29-25-21-17-13-9-11-15-19-23-27-31-35-69(129-93-89(117)83(97)87(115)61(7)127-93)49-77-81(91(119)120)75(109)53-95(131-77,51-67(103)45-73(107)71(105)39-37-63(99)43-65(101)47-79(111)125-59(5)57(3)85(55)113)123-41-42-124-96-52-68(104)46-74(108)72(106)40-38-64(100)44-66(102)48-80(112)126-60(6)58(4)86(114)56(2)34-30-26-22-18-14-10-12-16-20-24-28-32-36-70(50-78(132-96)82(92(121)122)76(110)54-96)130-94-90(118)84(98)88(116)62(8)128-94/h9-36,55-78,81-90,93-94,99-110,113-118H,37-54,97-98H2,1-8H3,(H,119,120)(H,121,122)/t55-,56-,57-,58-,59-,60-,61+,62+,63+,64+,65+,66+,67-,68-,69-,70-,71+,72+,73+,74+,75-,76-,77-,78-,81+,82+,83-,84-,85+,86+,87+,88+,89-,90-,93-,94-,95?,96?/m0/s1. The molecule has 6 aliphatic heterocycles. The molecule has 4 bridgehead atoms. The summed E-state index contributed by atoms with van der Waals surface area (Å²) < 4.78 is 62.4.